The molecule has 5 aromatic rings. The van der Waals surface area contributed by atoms with Gasteiger partial charge in [-0.3, -0.25) is 14.5 Å². The van der Waals surface area contributed by atoms with Gasteiger partial charge in [-0.15, -0.1) is 11.3 Å². The Balaban J connectivity index is 1.54. The highest BCUT2D eigenvalue weighted by Gasteiger charge is 2.46. The molecule has 3 heterocycles. The predicted octanol–water partition coefficient (Wildman–Crippen LogP) is 6.40. The number of thiazole rings is 1. The number of carbonyl (C=O) groups is 2. The van der Waals surface area contributed by atoms with Gasteiger partial charge in [-0.05, 0) is 25.1 Å². The van der Waals surface area contributed by atoms with Crippen LogP contribution in [0.3, 0.4) is 0 Å². The number of hydrogen-bond acceptors (Lipinski definition) is 6. The number of rotatable bonds is 6. The number of benzene rings is 3. The molecular formula is C31H25N3O4S. The summed E-state index contributed by atoms with van der Waals surface area (Å²) in [6, 6.07) is 23.6. The Labute approximate surface area is 229 Å². The van der Waals surface area contributed by atoms with Crippen LogP contribution in [0.2, 0.25) is 0 Å². The van der Waals surface area contributed by atoms with Gasteiger partial charge in [-0.25, -0.2) is 4.98 Å². The smallest absolute Gasteiger partial charge is 0.294 e. The second-order valence-corrected chi connectivity index (χ2v) is 10.4. The van der Waals surface area contributed by atoms with Gasteiger partial charge in [-0.2, -0.15) is 0 Å². The minimum atomic E-state index is -0.857. The fraction of sp³-hybridized carbons (Fsp3) is 0.129. The zero-order valence-corrected chi connectivity index (χ0v) is 22.4. The summed E-state index contributed by atoms with van der Waals surface area (Å²) in [6.07, 6.45) is 1.91. The molecule has 1 amide bonds. The Morgan fingerprint density at radius 3 is 2.54 bits per heavy atom. The van der Waals surface area contributed by atoms with Crippen LogP contribution in [-0.4, -0.2) is 33.5 Å². The fourth-order valence-corrected chi connectivity index (χ4v) is 6.21. The van der Waals surface area contributed by atoms with Crippen LogP contribution >= 0.6 is 11.3 Å². The standard InChI is InChI=1S/C31H25N3O4S/c1-18-29(39-30(32-18)19-10-5-4-6-11-19)27(35)25-26(23-17-33(2)24-15-8-7-14-22(23)24)34(31(37)28(25)36)20-12-9-13-21(16-20)38-3/h4-17,26,36H,1-3H3. The van der Waals surface area contributed by atoms with Crippen LogP contribution in [0.4, 0.5) is 5.69 Å². The van der Waals surface area contributed by atoms with E-state index in [2.05, 4.69) is 4.98 Å². The number of methoxy groups -OCH3 is 1. The molecule has 0 aliphatic carbocycles. The van der Waals surface area contributed by atoms with E-state index in [0.717, 1.165) is 22.0 Å². The lowest BCUT2D eigenvalue weighted by molar-refractivity contribution is -0.117. The van der Waals surface area contributed by atoms with E-state index in [1.165, 1.54) is 16.2 Å². The Bertz CT molecular complexity index is 1780. The number of para-hydroxylation sites is 1. The third kappa shape index (κ3) is 4.00. The molecule has 3 aromatic carbocycles. The summed E-state index contributed by atoms with van der Waals surface area (Å²) in [5, 5.41) is 12.9. The maximum Gasteiger partial charge on any atom is 0.294 e. The SMILES string of the molecule is COc1cccc(N2C(=O)C(O)=C(C(=O)c3sc(-c4ccccc4)nc3C)C2c2cn(C)c3ccccc23)c1. The molecule has 0 spiro atoms. The highest BCUT2D eigenvalue weighted by Crippen LogP contribution is 2.46. The van der Waals surface area contributed by atoms with Gasteiger partial charge in [0.15, 0.2) is 5.76 Å². The second-order valence-electron chi connectivity index (χ2n) is 9.38. The van der Waals surface area contributed by atoms with E-state index in [0.29, 0.717) is 27.0 Å². The van der Waals surface area contributed by atoms with E-state index in [9.17, 15) is 14.7 Å². The number of aromatic nitrogens is 2. The first-order chi connectivity index (χ1) is 18.9. The minimum absolute atomic E-state index is 0.0329. The number of anilines is 1. The molecule has 0 saturated heterocycles. The molecule has 1 aliphatic rings. The van der Waals surface area contributed by atoms with Gasteiger partial charge in [0, 0.05) is 47.0 Å². The number of aliphatic hydroxyl groups is 1. The Morgan fingerprint density at radius 1 is 1.03 bits per heavy atom. The molecule has 7 nitrogen and oxygen atoms in total. The summed E-state index contributed by atoms with van der Waals surface area (Å²) in [5.74, 6) is -1.06. The quantitative estimate of drug-likeness (QED) is 0.254. The highest BCUT2D eigenvalue weighted by atomic mass is 32.1. The summed E-state index contributed by atoms with van der Waals surface area (Å²) in [5.41, 5.74) is 3.68. The van der Waals surface area contributed by atoms with Crippen LogP contribution in [-0.2, 0) is 11.8 Å². The second kappa shape index (κ2) is 9.56. The number of hydrogen-bond donors (Lipinski definition) is 1. The third-order valence-corrected chi connectivity index (χ3v) is 8.24. The zero-order chi connectivity index (χ0) is 27.3. The zero-order valence-electron chi connectivity index (χ0n) is 21.6. The molecule has 0 bridgehead atoms. The van der Waals surface area contributed by atoms with E-state index >= 15 is 0 Å². The monoisotopic (exact) mass is 535 g/mol. The largest absolute Gasteiger partial charge is 0.503 e. The van der Waals surface area contributed by atoms with Crippen molar-refractivity contribution in [1.82, 2.24) is 9.55 Å². The first-order valence-electron chi connectivity index (χ1n) is 12.4. The highest BCUT2D eigenvalue weighted by molar-refractivity contribution is 7.17. The number of ether oxygens (including phenoxy) is 1. The van der Waals surface area contributed by atoms with Crippen molar-refractivity contribution in [1.29, 1.82) is 0 Å². The molecule has 8 heteroatoms. The first-order valence-corrected chi connectivity index (χ1v) is 13.2. The lowest BCUT2D eigenvalue weighted by atomic mass is 9.94. The van der Waals surface area contributed by atoms with Crippen LogP contribution in [0.15, 0.2) is 96.4 Å². The summed E-state index contributed by atoms with van der Waals surface area (Å²) in [6.45, 7) is 1.78. The summed E-state index contributed by atoms with van der Waals surface area (Å²) >= 11 is 1.26. The average molecular weight is 536 g/mol. The van der Waals surface area contributed by atoms with E-state index < -0.39 is 23.5 Å². The minimum Gasteiger partial charge on any atom is -0.503 e. The lowest BCUT2D eigenvalue weighted by Crippen LogP contribution is -2.31. The number of aliphatic hydroxyl groups excluding tert-OH is 1. The van der Waals surface area contributed by atoms with Crippen LogP contribution in [0.1, 0.15) is 27.0 Å². The number of nitrogens with zero attached hydrogens (tertiary/aromatic N) is 3. The Hall–Kier alpha value is -4.69. The third-order valence-electron chi connectivity index (χ3n) is 7.03. The van der Waals surface area contributed by atoms with Gasteiger partial charge < -0.3 is 14.4 Å². The maximum absolute atomic E-state index is 14.2. The molecule has 0 fully saturated rings. The van der Waals surface area contributed by atoms with Crippen LogP contribution in [0.5, 0.6) is 5.75 Å². The summed E-state index contributed by atoms with van der Waals surface area (Å²) < 4.78 is 7.36. The Kier molecular flexibility index (Phi) is 6.04. The van der Waals surface area contributed by atoms with Crippen molar-refractivity contribution in [3.63, 3.8) is 0 Å². The van der Waals surface area contributed by atoms with Crippen molar-refractivity contribution in [2.24, 2.45) is 7.05 Å². The van der Waals surface area contributed by atoms with Crippen molar-refractivity contribution < 1.29 is 19.4 Å². The molecular weight excluding hydrogens is 510 g/mol. The van der Waals surface area contributed by atoms with E-state index in [1.807, 2.05) is 72.4 Å². The van der Waals surface area contributed by atoms with Crippen molar-refractivity contribution in [3.8, 4) is 16.3 Å². The number of Topliss-reactive ketones (excluding diaryl/α,β-unsaturated/α-hetero) is 1. The predicted molar refractivity (Wildman–Crippen MR) is 152 cm³/mol. The summed E-state index contributed by atoms with van der Waals surface area (Å²) in [7, 11) is 3.47. The molecule has 1 N–H and O–H groups in total. The molecule has 6 rings (SSSR count). The van der Waals surface area contributed by atoms with Crippen molar-refractivity contribution in [3.05, 3.63) is 113 Å². The van der Waals surface area contributed by atoms with E-state index in [1.54, 1.807) is 38.3 Å². The normalized spacial score (nSPS) is 15.4. The molecule has 1 aliphatic heterocycles. The summed E-state index contributed by atoms with van der Waals surface area (Å²) in [4.78, 5) is 34.4. The molecule has 0 radical (unpaired) electrons. The van der Waals surface area contributed by atoms with Crippen molar-refractivity contribution in [2.45, 2.75) is 13.0 Å². The van der Waals surface area contributed by atoms with Gasteiger partial charge in [0.2, 0.25) is 5.78 Å². The topological polar surface area (TPSA) is 84.7 Å². The van der Waals surface area contributed by atoms with Gasteiger partial charge in [0.25, 0.3) is 5.91 Å². The molecule has 194 valence electrons. The van der Waals surface area contributed by atoms with Crippen LogP contribution in [0.25, 0.3) is 21.5 Å². The number of ketones is 1. The number of carbonyl (C=O) groups excluding carboxylic acids is 2. The number of fused-ring (bicyclic) bond motifs is 1. The van der Waals surface area contributed by atoms with Crippen molar-refractivity contribution >= 4 is 39.6 Å². The lowest BCUT2D eigenvalue weighted by Gasteiger charge is -2.26. The van der Waals surface area contributed by atoms with Gasteiger partial charge in [0.05, 0.1) is 29.3 Å². The fourth-order valence-electron chi connectivity index (χ4n) is 5.18. The van der Waals surface area contributed by atoms with Crippen molar-refractivity contribution in [2.75, 3.05) is 12.0 Å². The molecule has 0 saturated carbocycles. The Morgan fingerprint density at radius 2 is 1.77 bits per heavy atom. The number of amides is 1. The van der Waals surface area contributed by atoms with Gasteiger partial charge in [-0.1, -0.05) is 54.6 Å². The van der Waals surface area contributed by atoms with Crippen LogP contribution < -0.4 is 9.64 Å². The molecule has 39 heavy (non-hydrogen) atoms. The maximum atomic E-state index is 14.2. The first kappa shape index (κ1) is 24.6. The van der Waals surface area contributed by atoms with Gasteiger partial charge >= 0.3 is 0 Å². The molecule has 2 aromatic heterocycles. The van der Waals surface area contributed by atoms with E-state index in [4.69, 9.17) is 4.74 Å². The number of aryl methyl sites for hydroxylation is 2. The molecule has 1 atom stereocenters. The average Bonchev–Trinajstić information content (AvgIpc) is 3.60. The van der Waals surface area contributed by atoms with Crippen LogP contribution in [0, 0.1) is 6.92 Å². The van der Waals surface area contributed by atoms with E-state index in [-0.39, 0.29) is 5.57 Å². The van der Waals surface area contributed by atoms with Gasteiger partial charge in [0.1, 0.15) is 10.8 Å². The molecule has 1 unspecified atom stereocenters.